The standard InChI is InChI=1S/C58H38N4/c1-5-18-39(19-6-1)41-22-15-24-44(36-41)55-57-56(49-30-13-14-32-51(49)62(57)47-28-11-4-12-29-47)60-58(59-55)45-25-16-23-43(37-45)48-31-17-33-53-54(48)50-38-42(40-20-7-2-8-21-40)34-35-52(50)61(53)46-26-9-3-10-27-46/h1-38H. The topological polar surface area (TPSA) is 35.6 Å². The SMILES string of the molecule is c1ccc(-c2cccc(-c3nc(-c4cccc(-c5cccc6c5c5cc(-c7ccccc7)ccc5n6-c5ccccc5)c4)nc4c5ccccc5n(-c5ccccc5)c34)c2)cc1. The van der Waals surface area contributed by atoms with E-state index in [0.29, 0.717) is 5.82 Å². The molecular weight excluding hydrogens is 753 g/mol. The van der Waals surface area contributed by atoms with Crippen LogP contribution in [0.1, 0.15) is 0 Å². The molecule has 4 heteroatoms. The zero-order valence-electron chi connectivity index (χ0n) is 33.7. The molecule has 0 unspecified atom stereocenters. The minimum atomic E-state index is 0.681. The van der Waals surface area contributed by atoms with Crippen LogP contribution in [0.2, 0.25) is 0 Å². The number of nitrogens with zero attached hydrogens (tertiary/aromatic N) is 4. The van der Waals surface area contributed by atoms with Gasteiger partial charge < -0.3 is 9.13 Å². The highest BCUT2D eigenvalue weighted by Crippen LogP contribution is 2.42. The Morgan fingerprint density at radius 2 is 0.823 bits per heavy atom. The predicted octanol–water partition coefficient (Wildman–Crippen LogP) is 15.0. The highest BCUT2D eigenvalue weighted by molar-refractivity contribution is 6.17. The van der Waals surface area contributed by atoms with E-state index in [9.17, 15) is 0 Å². The lowest BCUT2D eigenvalue weighted by Gasteiger charge is -2.13. The molecule has 0 N–H and O–H groups in total. The Hall–Kier alpha value is -8.34. The van der Waals surface area contributed by atoms with Crippen molar-refractivity contribution in [1.82, 2.24) is 19.1 Å². The van der Waals surface area contributed by atoms with Gasteiger partial charge in [0, 0.05) is 38.7 Å². The summed E-state index contributed by atoms with van der Waals surface area (Å²) >= 11 is 0. The molecular formula is C58H38N4. The van der Waals surface area contributed by atoms with Crippen LogP contribution in [0.15, 0.2) is 231 Å². The van der Waals surface area contributed by atoms with Crippen LogP contribution in [-0.2, 0) is 0 Å². The third kappa shape index (κ3) is 5.92. The molecule has 3 heterocycles. The fraction of sp³-hybridized carbons (Fsp3) is 0. The minimum absolute atomic E-state index is 0.681. The molecule has 0 saturated heterocycles. The normalized spacial score (nSPS) is 11.5. The predicted molar refractivity (Wildman–Crippen MR) is 258 cm³/mol. The summed E-state index contributed by atoms with van der Waals surface area (Å²) < 4.78 is 4.71. The van der Waals surface area contributed by atoms with E-state index in [1.807, 2.05) is 0 Å². The second kappa shape index (κ2) is 14.7. The molecule has 0 amide bonds. The Morgan fingerprint density at radius 3 is 1.55 bits per heavy atom. The molecule has 0 aliphatic rings. The summed E-state index contributed by atoms with van der Waals surface area (Å²) in [7, 11) is 0. The number of rotatable bonds is 7. The Bertz CT molecular complexity index is 3610. The third-order valence-corrected chi connectivity index (χ3v) is 12.1. The molecule has 290 valence electrons. The average Bonchev–Trinajstić information content (AvgIpc) is 3.88. The van der Waals surface area contributed by atoms with E-state index in [0.717, 1.165) is 77.9 Å². The Kier molecular flexibility index (Phi) is 8.46. The summed E-state index contributed by atoms with van der Waals surface area (Å²) in [5.41, 5.74) is 17.3. The van der Waals surface area contributed by atoms with Gasteiger partial charge in [-0.15, -0.1) is 0 Å². The number of hydrogen-bond acceptors (Lipinski definition) is 2. The van der Waals surface area contributed by atoms with E-state index in [1.54, 1.807) is 0 Å². The molecule has 0 saturated carbocycles. The number of hydrogen-bond donors (Lipinski definition) is 0. The van der Waals surface area contributed by atoms with Crippen LogP contribution >= 0.6 is 0 Å². The molecule has 12 aromatic rings. The summed E-state index contributed by atoms with van der Waals surface area (Å²) in [6.45, 7) is 0. The molecule has 12 rings (SSSR count). The monoisotopic (exact) mass is 790 g/mol. The van der Waals surface area contributed by atoms with Gasteiger partial charge in [-0.05, 0) is 94.0 Å². The van der Waals surface area contributed by atoms with Gasteiger partial charge in [0.1, 0.15) is 5.52 Å². The van der Waals surface area contributed by atoms with Crippen molar-refractivity contribution in [3.63, 3.8) is 0 Å². The molecule has 62 heavy (non-hydrogen) atoms. The number of para-hydroxylation sites is 3. The first kappa shape index (κ1) is 35.6. The molecule has 0 spiro atoms. The van der Waals surface area contributed by atoms with Crippen molar-refractivity contribution in [2.45, 2.75) is 0 Å². The van der Waals surface area contributed by atoms with Gasteiger partial charge in [-0.3, -0.25) is 0 Å². The second-order valence-corrected chi connectivity index (χ2v) is 15.8. The Labute approximate surface area is 359 Å². The van der Waals surface area contributed by atoms with E-state index in [4.69, 9.17) is 9.97 Å². The number of fused-ring (bicyclic) bond motifs is 6. The zero-order valence-corrected chi connectivity index (χ0v) is 33.7. The fourth-order valence-corrected chi connectivity index (χ4v) is 9.30. The zero-order chi connectivity index (χ0) is 41.0. The Morgan fingerprint density at radius 1 is 0.306 bits per heavy atom. The van der Waals surface area contributed by atoms with Crippen LogP contribution in [0, 0.1) is 0 Å². The van der Waals surface area contributed by atoms with Crippen LogP contribution in [0.25, 0.3) is 111 Å². The molecule has 0 radical (unpaired) electrons. The molecule has 0 fully saturated rings. The van der Waals surface area contributed by atoms with Gasteiger partial charge in [-0.1, -0.05) is 170 Å². The minimum Gasteiger partial charge on any atom is -0.309 e. The molecule has 0 bridgehead atoms. The Balaban J connectivity index is 1.10. The van der Waals surface area contributed by atoms with E-state index in [-0.39, 0.29) is 0 Å². The summed E-state index contributed by atoms with van der Waals surface area (Å²) in [6, 6.07) is 82.1. The van der Waals surface area contributed by atoms with Crippen LogP contribution in [0.4, 0.5) is 0 Å². The summed E-state index contributed by atoms with van der Waals surface area (Å²) in [4.78, 5) is 11.0. The van der Waals surface area contributed by atoms with Crippen LogP contribution < -0.4 is 0 Å². The van der Waals surface area contributed by atoms with Gasteiger partial charge in [-0.25, -0.2) is 9.97 Å². The van der Waals surface area contributed by atoms with E-state index < -0.39 is 0 Å². The molecule has 9 aromatic carbocycles. The third-order valence-electron chi connectivity index (χ3n) is 12.1. The lowest BCUT2D eigenvalue weighted by atomic mass is 9.96. The second-order valence-electron chi connectivity index (χ2n) is 15.8. The van der Waals surface area contributed by atoms with E-state index in [1.165, 1.54) is 27.4 Å². The first-order valence-electron chi connectivity index (χ1n) is 21.1. The maximum Gasteiger partial charge on any atom is 0.160 e. The first-order chi connectivity index (χ1) is 30.8. The van der Waals surface area contributed by atoms with Crippen molar-refractivity contribution in [1.29, 1.82) is 0 Å². The maximum absolute atomic E-state index is 5.56. The number of aromatic nitrogens is 4. The van der Waals surface area contributed by atoms with Gasteiger partial charge in [0.15, 0.2) is 5.82 Å². The largest absolute Gasteiger partial charge is 0.309 e. The molecule has 0 atom stereocenters. The van der Waals surface area contributed by atoms with Crippen molar-refractivity contribution in [3.8, 4) is 67.4 Å². The average molecular weight is 791 g/mol. The van der Waals surface area contributed by atoms with Crippen molar-refractivity contribution in [2.75, 3.05) is 0 Å². The van der Waals surface area contributed by atoms with Gasteiger partial charge in [0.05, 0.1) is 27.8 Å². The highest BCUT2D eigenvalue weighted by Gasteiger charge is 2.22. The molecule has 0 aliphatic heterocycles. The van der Waals surface area contributed by atoms with Crippen molar-refractivity contribution in [2.24, 2.45) is 0 Å². The van der Waals surface area contributed by atoms with Crippen LogP contribution in [0.3, 0.4) is 0 Å². The lowest BCUT2D eigenvalue weighted by molar-refractivity contribution is 1.15. The molecule has 0 aliphatic carbocycles. The van der Waals surface area contributed by atoms with Crippen molar-refractivity contribution >= 4 is 43.7 Å². The smallest absolute Gasteiger partial charge is 0.160 e. The quantitative estimate of drug-likeness (QED) is 0.161. The van der Waals surface area contributed by atoms with Gasteiger partial charge in [0.2, 0.25) is 0 Å². The summed E-state index contributed by atoms with van der Waals surface area (Å²) in [6.07, 6.45) is 0. The first-order valence-corrected chi connectivity index (χ1v) is 21.1. The molecule has 3 aromatic heterocycles. The van der Waals surface area contributed by atoms with Crippen LogP contribution in [0.5, 0.6) is 0 Å². The maximum atomic E-state index is 5.56. The van der Waals surface area contributed by atoms with Crippen LogP contribution in [-0.4, -0.2) is 19.1 Å². The summed E-state index contributed by atoms with van der Waals surface area (Å²) in [5, 5.41) is 3.50. The van der Waals surface area contributed by atoms with Gasteiger partial charge >= 0.3 is 0 Å². The lowest BCUT2D eigenvalue weighted by Crippen LogP contribution is -2.00. The van der Waals surface area contributed by atoms with Gasteiger partial charge in [0.25, 0.3) is 0 Å². The van der Waals surface area contributed by atoms with E-state index >= 15 is 0 Å². The van der Waals surface area contributed by atoms with E-state index in [2.05, 4.69) is 240 Å². The highest BCUT2D eigenvalue weighted by atomic mass is 15.0. The molecule has 4 nitrogen and oxygen atoms in total. The van der Waals surface area contributed by atoms with Crippen molar-refractivity contribution < 1.29 is 0 Å². The summed E-state index contributed by atoms with van der Waals surface area (Å²) in [5.74, 6) is 0.681. The van der Waals surface area contributed by atoms with Gasteiger partial charge in [-0.2, -0.15) is 0 Å². The van der Waals surface area contributed by atoms with Crippen molar-refractivity contribution in [3.05, 3.63) is 231 Å². The fourth-order valence-electron chi connectivity index (χ4n) is 9.30. The number of benzene rings is 9.